The number of fused-ring (bicyclic) bond motifs is 1. The van der Waals surface area contributed by atoms with Crippen LogP contribution in [0.1, 0.15) is 22.3 Å². The van der Waals surface area contributed by atoms with Crippen molar-refractivity contribution in [2.24, 2.45) is 0 Å². The van der Waals surface area contributed by atoms with Gasteiger partial charge in [0.15, 0.2) is 0 Å². The number of anilines is 2. The molecule has 3 aromatic carbocycles. The first kappa shape index (κ1) is 23.4. The number of nitrogens with one attached hydrogen (secondary N) is 1. The summed E-state index contributed by atoms with van der Waals surface area (Å²) in [4.78, 5) is 26.3. The summed E-state index contributed by atoms with van der Waals surface area (Å²) in [6.45, 7) is 0.173. The van der Waals surface area contributed by atoms with Gasteiger partial charge in [0.1, 0.15) is 5.82 Å². The lowest BCUT2D eigenvalue weighted by atomic mass is 10.0. The number of likely N-dealkylation sites (N-methyl/N-ethyl adjacent to an activating group) is 1. The van der Waals surface area contributed by atoms with Gasteiger partial charge in [0.2, 0.25) is 5.91 Å². The number of para-hydroxylation sites is 1. The number of aryl methyl sites for hydroxylation is 1. The molecule has 0 saturated carbocycles. The molecule has 0 aliphatic carbocycles. The molecular formula is C25H24FN3O4S. The van der Waals surface area contributed by atoms with Crippen LogP contribution in [0.4, 0.5) is 15.8 Å². The molecule has 9 heteroatoms. The van der Waals surface area contributed by atoms with Gasteiger partial charge in [-0.15, -0.1) is 0 Å². The molecule has 0 unspecified atom stereocenters. The minimum atomic E-state index is -3.78. The number of hydrogen-bond donors (Lipinski definition) is 1. The van der Waals surface area contributed by atoms with Crippen LogP contribution in [0, 0.1) is 5.82 Å². The quantitative estimate of drug-likeness (QED) is 0.582. The van der Waals surface area contributed by atoms with Gasteiger partial charge in [-0.25, -0.2) is 12.8 Å². The van der Waals surface area contributed by atoms with Crippen LogP contribution in [0.25, 0.3) is 0 Å². The van der Waals surface area contributed by atoms with Crippen molar-refractivity contribution in [1.29, 1.82) is 0 Å². The van der Waals surface area contributed by atoms with Crippen LogP contribution in [-0.4, -0.2) is 45.3 Å². The highest BCUT2D eigenvalue weighted by molar-refractivity contribution is 7.92. The number of nitrogens with zero attached hydrogens (tertiary/aromatic N) is 2. The van der Waals surface area contributed by atoms with Gasteiger partial charge in [0.25, 0.3) is 15.9 Å². The number of benzene rings is 3. The van der Waals surface area contributed by atoms with Crippen LogP contribution in [0.3, 0.4) is 0 Å². The first-order valence-corrected chi connectivity index (χ1v) is 12.2. The van der Waals surface area contributed by atoms with Crippen molar-refractivity contribution in [3.63, 3.8) is 0 Å². The molecule has 0 bridgehead atoms. The van der Waals surface area contributed by atoms with Crippen molar-refractivity contribution in [2.75, 3.05) is 29.8 Å². The Balaban J connectivity index is 1.44. The molecule has 1 heterocycles. The number of rotatable bonds is 6. The summed E-state index contributed by atoms with van der Waals surface area (Å²) in [5.74, 6) is -1.29. The summed E-state index contributed by atoms with van der Waals surface area (Å²) in [5.41, 5.74) is 2.35. The van der Waals surface area contributed by atoms with Gasteiger partial charge in [-0.3, -0.25) is 13.9 Å². The number of carbonyl (C=O) groups excluding carboxylic acids is 2. The molecule has 0 fully saturated rings. The fourth-order valence-electron chi connectivity index (χ4n) is 3.89. The fourth-order valence-corrected chi connectivity index (χ4v) is 5.43. The van der Waals surface area contributed by atoms with Crippen molar-refractivity contribution in [1.82, 2.24) is 4.90 Å². The SMILES string of the molecule is CN(CC(=O)Nc1ccc(F)cc1)C(=O)c1ccc(S(=O)(=O)N2CCCc3ccccc32)cc1. The Hall–Kier alpha value is -3.72. The molecule has 0 spiro atoms. The van der Waals surface area contributed by atoms with E-state index in [-0.39, 0.29) is 17.0 Å². The summed E-state index contributed by atoms with van der Waals surface area (Å²) in [7, 11) is -2.30. The lowest BCUT2D eigenvalue weighted by molar-refractivity contribution is -0.116. The van der Waals surface area contributed by atoms with E-state index in [9.17, 15) is 22.4 Å². The number of carbonyl (C=O) groups is 2. The van der Waals surface area contributed by atoms with Gasteiger partial charge in [-0.2, -0.15) is 0 Å². The Morgan fingerprint density at radius 2 is 1.68 bits per heavy atom. The van der Waals surface area contributed by atoms with E-state index in [4.69, 9.17) is 0 Å². The second-order valence-electron chi connectivity index (χ2n) is 8.05. The monoisotopic (exact) mass is 481 g/mol. The van der Waals surface area contributed by atoms with E-state index in [0.717, 1.165) is 18.4 Å². The van der Waals surface area contributed by atoms with E-state index in [2.05, 4.69) is 5.32 Å². The topological polar surface area (TPSA) is 86.8 Å². The molecule has 0 saturated heterocycles. The second-order valence-corrected chi connectivity index (χ2v) is 9.91. The van der Waals surface area contributed by atoms with Gasteiger partial charge in [-0.1, -0.05) is 18.2 Å². The van der Waals surface area contributed by atoms with Gasteiger partial charge in [0.05, 0.1) is 17.1 Å². The van der Waals surface area contributed by atoms with Crippen molar-refractivity contribution in [2.45, 2.75) is 17.7 Å². The average Bonchev–Trinajstić information content (AvgIpc) is 2.84. The standard InChI is InChI=1S/C25H24FN3O4S/c1-28(17-24(30)27-21-12-10-20(26)11-13-21)25(31)19-8-14-22(15-9-19)34(32,33)29-16-4-6-18-5-2-3-7-23(18)29/h2-3,5,7-15H,4,6,16-17H2,1H3,(H,27,30). The van der Waals surface area contributed by atoms with Crippen LogP contribution in [0.2, 0.25) is 0 Å². The highest BCUT2D eigenvalue weighted by Crippen LogP contribution is 2.31. The van der Waals surface area contributed by atoms with E-state index in [1.807, 2.05) is 18.2 Å². The third kappa shape index (κ3) is 4.94. The predicted molar refractivity (Wildman–Crippen MR) is 128 cm³/mol. The number of sulfonamides is 1. The van der Waals surface area contributed by atoms with E-state index in [0.29, 0.717) is 17.9 Å². The average molecular weight is 482 g/mol. The lowest BCUT2D eigenvalue weighted by Gasteiger charge is -2.30. The van der Waals surface area contributed by atoms with Crippen molar-refractivity contribution < 1.29 is 22.4 Å². The third-order valence-corrected chi connectivity index (χ3v) is 7.44. The predicted octanol–water partition coefficient (Wildman–Crippen LogP) is 3.68. The summed E-state index contributed by atoms with van der Waals surface area (Å²) >= 11 is 0. The largest absolute Gasteiger partial charge is 0.332 e. The van der Waals surface area contributed by atoms with Crippen LogP contribution in [0.5, 0.6) is 0 Å². The molecule has 0 atom stereocenters. The number of hydrogen-bond acceptors (Lipinski definition) is 4. The third-order valence-electron chi connectivity index (χ3n) is 5.61. The Bertz CT molecular complexity index is 1310. The summed E-state index contributed by atoms with van der Waals surface area (Å²) in [5, 5.41) is 2.60. The lowest BCUT2D eigenvalue weighted by Crippen LogP contribution is -2.36. The Kier molecular flexibility index (Phi) is 6.65. The molecule has 1 aliphatic heterocycles. The fraction of sp³-hybridized carbons (Fsp3) is 0.200. The van der Waals surface area contributed by atoms with Crippen molar-refractivity contribution >= 4 is 33.2 Å². The molecule has 1 aliphatic rings. The van der Waals surface area contributed by atoms with Gasteiger partial charge in [0, 0.05) is 24.8 Å². The maximum atomic E-state index is 13.3. The van der Waals surface area contributed by atoms with E-state index < -0.39 is 27.7 Å². The molecule has 2 amide bonds. The highest BCUT2D eigenvalue weighted by atomic mass is 32.2. The maximum Gasteiger partial charge on any atom is 0.264 e. The van der Waals surface area contributed by atoms with E-state index in [1.54, 1.807) is 6.07 Å². The van der Waals surface area contributed by atoms with Crippen LogP contribution in [-0.2, 0) is 21.2 Å². The van der Waals surface area contributed by atoms with Gasteiger partial charge in [-0.05, 0) is 73.0 Å². The van der Waals surface area contributed by atoms with Crippen LogP contribution in [0.15, 0.2) is 77.7 Å². The zero-order chi connectivity index (χ0) is 24.3. The summed E-state index contributed by atoms with van der Waals surface area (Å²) in [6.07, 6.45) is 1.56. The van der Waals surface area contributed by atoms with Crippen LogP contribution < -0.4 is 9.62 Å². The summed E-state index contributed by atoms with van der Waals surface area (Å²) in [6, 6.07) is 18.4. The van der Waals surface area contributed by atoms with Gasteiger partial charge < -0.3 is 10.2 Å². The number of halogens is 1. The normalized spacial score (nSPS) is 13.2. The van der Waals surface area contributed by atoms with Crippen LogP contribution >= 0.6 is 0 Å². The summed E-state index contributed by atoms with van der Waals surface area (Å²) < 4.78 is 40.9. The minimum absolute atomic E-state index is 0.0949. The molecule has 3 aromatic rings. The molecule has 1 N–H and O–H groups in total. The molecule has 34 heavy (non-hydrogen) atoms. The highest BCUT2D eigenvalue weighted by Gasteiger charge is 2.29. The number of amides is 2. The molecule has 7 nitrogen and oxygen atoms in total. The first-order chi connectivity index (χ1) is 16.3. The second kappa shape index (κ2) is 9.64. The molecule has 4 rings (SSSR count). The maximum absolute atomic E-state index is 13.3. The zero-order valence-corrected chi connectivity index (χ0v) is 19.4. The molecule has 0 aromatic heterocycles. The van der Waals surface area contributed by atoms with Crippen molar-refractivity contribution in [3.05, 3.63) is 89.7 Å². The Morgan fingerprint density at radius 1 is 1.00 bits per heavy atom. The first-order valence-electron chi connectivity index (χ1n) is 10.8. The van der Waals surface area contributed by atoms with Crippen molar-refractivity contribution in [3.8, 4) is 0 Å². The molecule has 0 radical (unpaired) electrons. The van der Waals surface area contributed by atoms with E-state index in [1.165, 1.54) is 64.8 Å². The smallest absolute Gasteiger partial charge is 0.264 e. The molecule has 176 valence electrons. The zero-order valence-electron chi connectivity index (χ0n) is 18.6. The van der Waals surface area contributed by atoms with E-state index >= 15 is 0 Å². The minimum Gasteiger partial charge on any atom is -0.332 e. The Labute approximate surface area is 197 Å². The Morgan fingerprint density at radius 3 is 2.38 bits per heavy atom. The molecular weight excluding hydrogens is 457 g/mol. The van der Waals surface area contributed by atoms with Gasteiger partial charge >= 0.3 is 0 Å².